The molecule has 1 heterocycles. The molecule has 1 aromatic carbocycles. The molecule has 1 amide bonds. The van der Waals surface area contributed by atoms with Crippen molar-refractivity contribution >= 4 is 29.0 Å². The van der Waals surface area contributed by atoms with Crippen LogP contribution in [0.5, 0.6) is 0 Å². The van der Waals surface area contributed by atoms with Gasteiger partial charge in [0.2, 0.25) is 5.91 Å². The maximum absolute atomic E-state index is 12.1. The molecule has 0 aliphatic heterocycles. The molecule has 1 N–H and O–H groups in total. The summed E-state index contributed by atoms with van der Waals surface area (Å²) in [5, 5.41) is 4.92. The van der Waals surface area contributed by atoms with E-state index in [1.54, 1.807) is 23.1 Å². The number of hydrogen-bond donors (Lipinski definition) is 1. The van der Waals surface area contributed by atoms with E-state index in [1.165, 1.54) is 10.4 Å². The number of thiophene rings is 1. The molecule has 0 saturated heterocycles. The van der Waals surface area contributed by atoms with Gasteiger partial charge in [0, 0.05) is 9.77 Å². The molecular formula is C17H21NOS2. The maximum atomic E-state index is 12.1. The number of carbonyl (C=O) groups is 1. The van der Waals surface area contributed by atoms with E-state index >= 15 is 0 Å². The molecule has 1 unspecified atom stereocenters. The fraction of sp³-hybridized carbons (Fsp3) is 0.353. The minimum Gasteiger partial charge on any atom is -0.350 e. The molecule has 0 spiro atoms. The molecule has 112 valence electrons. The number of thioether (sulfide) groups is 1. The Labute approximate surface area is 135 Å². The van der Waals surface area contributed by atoms with Gasteiger partial charge in [-0.2, -0.15) is 0 Å². The zero-order chi connectivity index (χ0) is 15.2. The van der Waals surface area contributed by atoms with Crippen molar-refractivity contribution in [3.8, 4) is 0 Å². The van der Waals surface area contributed by atoms with Crippen LogP contribution in [0, 0.1) is 0 Å². The first-order chi connectivity index (χ1) is 10.1. The highest BCUT2D eigenvalue weighted by atomic mass is 32.2. The van der Waals surface area contributed by atoms with Gasteiger partial charge < -0.3 is 5.32 Å². The van der Waals surface area contributed by atoms with Gasteiger partial charge >= 0.3 is 0 Å². The quantitative estimate of drug-likeness (QED) is 0.784. The Morgan fingerprint density at radius 2 is 1.90 bits per heavy atom. The van der Waals surface area contributed by atoms with Crippen LogP contribution in [0.15, 0.2) is 46.7 Å². The molecule has 1 atom stereocenters. The zero-order valence-electron chi connectivity index (χ0n) is 12.6. The summed E-state index contributed by atoms with van der Waals surface area (Å²) in [6.45, 7) is 6.93. The lowest BCUT2D eigenvalue weighted by atomic mass is 10.0. The largest absolute Gasteiger partial charge is 0.350 e. The lowest BCUT2D eigenvalue weighted by Crippen LogP contribution is -2.30. The predicted molar refractivity (Wildman–Crippen MR) is 92.0 cm³/mol. The topological polar surface area (TPSA) is 29.1 Å². The summed E-state index contributed by atoms with van der Waals surface area (Å²) in [4.78, 5) is 14.4. The van der Waals surface area contributed by atoms with Crippen LogP contribution in [-0.2, 0) is 11.3 Å². The lowest BCUT2D eigenvalue weighted by Gasteiger charge is -2.12. The third-order valence-corrected chi connectivity index (χ3v) is 5.23. The van der Waals surface area contributed by atoms with E-state index in [-0.39, 0.29) is 11.2 Å². The zero-order valence-corrected chi connectivity index (χ0v) is 14.3. The third-order valence-electron chi connectivity index (χ3n) is 3.25. The first-order valence-electron chi connectivity index (χ1n) is 7.13. The fourth-order valence-electron chi connectivity index (χ4n) is 1.92. The van der Waals surface area contributed by atoms with Crippen LogP contribution in [0.1, 0.15) is 37.1 Å². The van der Waals surface area contributed by atoms with Gasteiger partial charge in [-0.25, -0.2) is 0 Å². The highest BCUT2D eigenvalue weighted by Crippen LogP contribution is 2.25. The molecule has 0 aliphatic carbocycles. The lowest BCUT2D eigenvalue weighted by molar-refractivity contribution is -0.120. The number of benzene rings is 1. The number of carbonyl (C=O) groups excluding carboxylic acids is 1. The SMILES string of the molecule is CC(Sc1ccc(C(C)C)cc1)C(=O)NCc1cccs1. The smallest absolute Gasteiger partial charge is 0.233 e. The third kappa shape index (κ3) is 4.90. The predicted octanol–water partition coefficient (Wildman–Crippen LogP) is 4.67. The molecule has 1 aromatic heterocycles. The summed E-state index contributed by atoms with van der Waals surface area (Å²) in [5.74, 6) is 0.622. The number of nitrogens with one attached hydrogen (secondary N) is 1. The molecule has 0 bridgehead atoms. The van der Waals surface area contributed by atoms with Crippen molar-refractivity contribution in [3.05, 3.63) is 52.2 Å². The van der Waals surface area contributed by atoms with Crippen molar-refractivity contribution < 1.29 is 4.79 Å². The Kier molecular flexibility index (Phi) is 5.88. The average molecular weight is 319 g/mol. The Morgan fingerprint density at radius 3 is 2.48 bits per heavy atom. The van der Waals surface area contributed by atoms with Crippen molar-refractivity contribution in [2.24, 2.45) is 0 Å². The summed E-state index contributed by atoms with van der Waals surface area (Å²) in [6.07, 6.45) is 0. The van der Waals surface area contributed by atoms with E-state index in [0.717, 1.165) is 4.90 Å². The second-order valence-corrected chi connectivity index (χ2v) is 7.73. The Hall–Kier alpha value is -1.26. The van der Waals surface area contributed by atoms with E-state index in [4.69, 9.17) is 0 Å². The number of hydrogen-bond acceptors (Lipinski definition) is 3. The summed E-state index contributed by atoms with van der Waals surface area (Å²) in [5.41, 5.74) is 1.33. The highest BCUT2D eigenvalue weighted by molar-refractivity contribution is 8.00. The van der Waals surface area contributed by atoms with Crippen LogP contribution in [0.25, 0.3) is 0 Å². The van der Waals surface area contributed by atoms with Crippen LogP contribution in [-0.4, -0.2) is 11.2 Å². The van der Waals surface area contributed by atoms with Gasteiger partial charge in [-0.1, -0.05) is 32.0 Å². The Bertz CT molecular complexity index is 561. The normalized spacial score (nSPS) is 12.4. The van der Waals surface area contributed by atoms with E-state index < -0.39 is 0 Å². The minimum absolute atomic E-state index is 0.0846. The van der Waals surface area contributed by atoms with Crippen molar-refractivity contribution in [2.75, 3.05) is 0 Å². The van der Waals surface area contributed by atoms with Crippen molar-refractivity contribution in [3.63, 3.8) is 0 Å². The first kappa shape index (κ1) is 16.1. The van der Waals surface area contributed by atoms with Crippen molar-refractivity contribution in [1.82, 2.24) is 5.32 Å². The highest BCUT2D eigenvalue weighted by Gasteiger charge is 2.14. The van der Waals surface area contributed by atoms with Crippen LogP contribution < -0.4 is 5.32 Å². The first-order valence-corrected chi connectivity index (χ1v) is 8.89. The minimum atomic E-state index is -0.0881. The molecule has 0 saturated carbocycles. The van der Waals surface area contributed by atoms with Gasteiger partial charge in [-0.15, -0.1) is 23.1 Å². The van der Waals surface area contributed by atoms with Gasteiger partial charge in [0.15, 0.2) is 0 Å². The molecule has 0 aliphatic rings. The second-order valence-electron chi connectivity index (χ2n) is 5.28. The van der Waals surface area contributed by atoms with E-state index in [2.05, 4.69) is 43.4 Å². The van der Waals surface area contributed by atoms with Crippen LogP contribution >= 0.6 is 23.1 Å². The number of rotatable bonds is 6. The molecular weight excluding hydrogens is 298 g/mol. The monoisotopic (exact) mass is 319 g/mol. The van der Waals surface area contributed by atoms with E-state index in [0.29, 0.717) is 12.5 Å². The standard InChI is InChI=1S/C17H21NOS2/c1-12(2)14-6-8-15(9-7-14)21-13(3)17(19)18-11-16-5-4-10-20-16/h4-10,12-13H,11H2,1-3H3,(H,18,19). The molecule has 21 heavy (non-hydrogen) atoms. The maximum Gasteiger partial charge on any atom is 0.233 e. The van der Waals surface area contributed by atoms with Gasteiger partial charge in [-0.05, 0) is 42.0 Å². The van der Waals surface area contributed by atoms with Gasteiger partial charge in [-0.3, -0.25) is 4.79 Å². The van der Waals surface area contributed by atoms with Gasteiger partial charge in [0.25, 0.3) is 0 Å². The molecule has 0 radical (unpaired) electrons. The summed E-state index contributed by atoms with van der Waals surface area (Å²) in [6, 6.07) is 12.5. The van der Waals surface area contributed by atoms with Gasteiger partial charge in [0.1, 0.15) is 0 Å². The fourth-order valence-corrected chi connectivity index (χ4v) is 3.46. The van der Waals surface area contributed by atoms with Crippen LogP contribution in [0.4, 0.5) is 0 Å². The Morgan fingerprint density at radius 1 is 1.19 bits per heavy atom. The number of amides is 1. The second kappa shape index (κ2) is 7.66. The molecule has 2 nitrogen and oxygen atoms in total. The van der Waals surface area contributed by atoms with Crippen LogP contribution in [0.3, 0.4) is 0 Å². The molecule has 0 fully saturated rings. The van der Waals surface area contributed by atoms with Crippen LogP contribution in [0.2, 0.25) is 0 Å². The molecule has 4 heteroatoms. The Balaban J connectivity index is 1.85. The summed E-state index contributed by atoms with van der Waals surface area (Å²) < 4.78 is 0. The van der Waals surface area contributed by atoms with Crippen molar-refractivity contribution in [2.45, 2.75) is 43.4 Å². The van der Waals surface area contributed by atoms with E-state index in [9.17, 15) is 4.79 Å². The van der Waals surface area contributed by atoms with E-state index in [1.807, 2.05) is 24.4 Å². The summed E-state index contributed by atoms with van der Waals surface area (Å²) in [7, 11) is 0. The van der Waals surface area contributed by atoms with Crippen molar-refractivity contribution in [1.29, 1.82) is 0 Å². The molecule has 2 aromatic rings. The average Bonchev–Trinajstić information content (AvgIpc) is 2.98. The molecule has 2 rings (SSSR count). The van der Waals surface area contributed by atoms with Gasteiger partial charge in [0.05, 0.1) is 11.8 Å². The summed E-state index contributed by atoms with van der Waals surface area (Å²) >= 11 is 3.26.